The first kappa shape index (κ1) is 12.6. The van der Waals surface area contributed by atoms with Gasteiger partial charge in [0.1, 0.15) is 0 Å². The van der Waals surface area contributed by atoms with Crippen LogP contribution in [-0.2, 0) is 0 Å². The van der Waals surface area contributed by atoms with Crippen molar-refractivity contribution in [3.8, 4) is 0 Å². The van der Waals surface area contributed by atoms with E-state index in [1.165, 1.54) is 0 Å². The summed E-state index contributed by atoms with van der Waals surface area (Å²) in [6.07, 6.45) is 1.88. The van der Waals surface area contributed by atoms with Crippen molar-refractivity contribution in [2.24, 2.45) is 5.84 Å². The third kappa shape index (κ3) is 3.01. The van der Waals surface area contributed by atoms with Crippen LogP contribution in [0.4, 0.5) is 16.2 Å². The number of hydrogen-bond donors (Lipinski definition) is 3. The lowest BCUT2D eigenvalue weighted by Crippen LogP contribution is -2.29. The van der Waals surface area contributed by atoms with E-state index in [0.29, 0.717) is 13.1 Å². The third-order valence-electron chi connectivity index (χ3n) is 2.02. The molecular weight excluding hydrogens is 213 g/mol. The van der Waals surface area contributed by atoms with Gasteiger partial charge in [0.15, 0.2) is 11.6 Å². The van der Waals surface area contributed by atoms with Crippen LogP contribution >= 0.6 is 0 Å². The van der Waals surface area contributed by atoms with Crippen molar-refractivity contribution in [3.05, 3.63) is 12.0 Å². The summed E-state index contributed by atoms with van der Waals surface area (Å²) in [6.45, 7) is 2.84. The monoisotopic (exact) mass is 229 g/mol. The predicted octanol–water partition coefficient (Wildman–Crippen LogP) is 0.110. The molecule has 1 rings (SSSR count). The Bertz CT molecular complexity index is 330. The first-order valence-electron chi connectivity index (χ1n) is 5.07. The Morgan fingerprint density at radius 3 is 2.88 bits per heavy atom. The molecule has 0 amide bonds. The molecule has 0 aliphatic carbocycles. The average Bonchev–Trinajstić information content (AvgIpc) is 2.29. The molecule has 0 atom stereocenters. The van der Waals surface area contributed by atoms with Crippen LogP contribution in [0.3, 0.4) is 0 Å². The van der Waals surface area contributed by atoms with Crippen molar-refractivity contribution in [3.63, 3.8) is 0 Å². The molecule has 0 aromatic carbocycles. The van der Waals surface area contributed by atoms with Crippen molar-refractivity contribution in [1.82, 2.24) is 9.97 Å². The highest BCUT2D eigenvalue weighted by Crippen LogP contribution is 2.16. The van der Waals surface area contributed by atoms with E-state index in [2.05, 4.69) is 15.4 Å². The van der Waals surface area contributed by atoms with Gasteiger partial charge in [-0.05, 0) is 6.42 Å². The summed E-state index contributed by atoms with van der Waals surface area (Å²) in [6, 6.07) is 0. The van der Waals surface area contributed by atoms with Crippen molar-refractivity contribution in [1.29, 1.82) is 0 Å². The highest BCUT2D eigenvalue weighted by atomic mass is 19.1. The number of nitrogens with one attached hydrogen (secondary N) is 1. The van der Waals surface area contributed by atoms with E-state index in [-0.39, 0.29) is 18.4 Å². The molecule has 0 fully saturated rings. The van der Waals surface area contributed by atoms with E-state index < -0.39 is 5.82 Å². The number of aromatic nitrogens is 2. The molecule has 0 bridgehead atoms. The summed E-state index contributed by atoms with van der Waals surface area (Å²) in [5.41, 5.74) is 2.26. The van der Waals surface area contributed by atoms with Gasteiger partial charge in [0.25, 0.3) is 0 Å². The molecular formula is C9H16FN5O. The molecule has 0 aliphatic rings. The van der Waals surface area contributed by atoms with Gasteiger partial charge in [-0.2, -0.15) is 4.98 Å². The fourth-order valence-corrected chi connectivity index (χ4v) is 1.36. The number of nitrogens with two attached hydrogens (primary N) is 1. The molecule has 6 nitrogen and oxygen atoms in total. The van der Waals surface area contributed by atoms with Crippen molar-refractivity contribution in [2.75, 3.05) is 30.0 Å². The molecule has 1 heterocycles. The molecule has 0 saturated heterocycles. The number of anilines is 2. The Labute approximate surface area is 93.3 Å². The Morgan fingerprint density at radius 1 is 1.56 bits per heavy atom. The summed E-state index contributed by atoms with van der Waals surface area (Å²) >= 11 is 0. The van der Waals surface area contributed by atoms with Crippen molar-refractivity contribution < 1.29 is 9.50 Å². The molecule has 0 radical (unpaired) electrons. The maximum absolute atomic E-state index is 13.5. The second kappa shape index (κ2) is 6.19. The number of halogens is 1. The first-order chi connectivity index (χ1) is 7.72. The van der Waals surface area contributed by atoms with Crippen LogP contribution in [0.2, 0.25) is 0 Å². The lowest BCUT2D eigenvalue weighted by molar-refractivity contribution is 0.301. The molecule has 1 aromatic heterocycles. The normalized spacial score (nSPS) is 10.2. The van der Waals surface area contributed by atoms with Gasteiger partial charge in [-0.25, -0.2) is 15.2 Å². The summed E-state index contributed by atoms with van der Waals surface area (Å²) in [5.74, 6) is 4.92. The van der Waals surface area contributed by atoms with Crippen LogP contribution in [0.5, 0.6) is 0 Å². The predicted molar refractivity (Wildman–Crippen MR) is 59.4 cm³/mol. The number of nitrogen functional groups attached to an aromatic ring is 1. The molecule has 16 heavy (non-hydrogen) atoms. The molecule has 90 valence electrons. The zero-order valence-corrected chi connectivity index (χ0v) is 9.15. The highest BCUT2D eigenvalue weighted by Gasteiger charge is 2.13. The summed E-state index contributed by atoms with van der Waals surface area (Å²) in [5, 5.41) is 8.89. The Balaban J connectivity index is 2.96. The highest BCUT2D eigenvalue weighted by molar-refractivity contribution is 5.43. The number of aliphatic hydroxyl groups is 1. The molecule has 0 saturated carbocycles. The Kier molecular flexibility index (Phi) is 4.87. The number of aliphatic hydroxyl groups excluding tert-OH is 1. The van der Waals surface area contributed by atoms with Crippen LogP contribution in [0.25, 0.3) is 0 Å². The molecule has 0 unspecified atom stereocenters. The molecule has 0 aliphatic heterocycles. The largest absolute Gasteiger partial charge is 0.395 e. The minimum absolute atomic E-state index is 0.0607. The van der Waals surface area contributed by atoms with E-state index in [1.807, 2.05) is 6.92 Å². The van der Waals surface area contributed by atoms with Crippen LogP contribution in [0.1, 0.15) is 13.3 Å². The number of rotatable bonds is 6. The van der Waals surface area contributed by atoms with E-state index in [4.69, 9.17) is 10.9 Å². The zero-order valence-electron chi connectivity index (χ0n) is 9.15. The number of hydrogen-bond acceptors (Lipinski definition) is 6. The van der Waals surface area contributed by atoms with Crippen LogP contribution in [0, 0.1) is 5.82 Å². The third-order valence-corrected chi connectivity index (χ3v) is 2.02. The molecule has 0 spiro atoms. The smallest absolute Gasteiger partial charge is 0.239 e. The number of nitrogens with zero attached hydrogens (tertiary/aromatic N) is 3. The van der Waals surface area contributed by atoms with Gasteiger partial charge >= 0.3 is 0 Å². The van der Waals surface area contributed by atoms with Gasteiger partial charge in [-0.15, -0.1) is 0 Å². The van der Waals surface area contributed by atoms with Gasteiger partial charge in [-0.3, -0.25) is 5.43 Å². The summed E-state index contributed by atoms with van der Waals surface area (Å²) in [4.78, 5) is 9.22. The summed E-state index contributed by atoms with van der Waals surface area (Å²) < 4.78 is 13.5. The lowest BCUT2D eigenvalue weighted by Gasteiger charge is -2.22. The minimum atomic E-state index is -0.527. The lowest BCUT2D eigenvalue weighted by atomic mass is 10.4. The zero-order chi connectivity index (χ0) is 12.0. The molecule has 4 N–H and O–H groups in total. The quantitative estimate of drug-likeness (QED) is 0.474. The van der Waals surface area contributed by atoms with E-state index in [0.717, 1.165) is 12.6 Å². The molecule has 7 heteroatoms. The van der Waals surface area contributed by atoms with Crippen molar-refractivity contribution in [2.45, 2.75) is 13.3 Å². The van der Waals surface area contributed by atoms with Crippen molar-refractivity contribution >= 4 is 11.8 Å². The van der Waals surface area contributed by atoms with Crippen LogP contribution in [-0.4, -0.2) is 34.8 Å². The maximum Gasteiger partial charge on any atom is 0.239 e. The van der Waals surface area contributed by atoms with Gasteiger partial charge in [0.2, 0.25) is 5.95 Å². The van der Waals surface area contributed by atoms with Crippen LogP contribution < -0.4 is 16.2 Å². The maximum atomic E-state index is 13.5. The standard InChI is InChI=1S/C9H16FN5O/c1-2-3-15(4-5-16)8-7(10)6-12-9(13-8)14-11/h6,16H,2-5,11H2,1H3,(H,12,13,14). The fraction of sp³-hybridized carbons (Fsp3) is 0.556. The second-order valence-corrected chi connectivity index (χ2v) is 3.22. The van der Waals surface area contributed by atoms with Gasteiger partial charge in [-0.1, -0.05) is 6.92 Å². The summed E-state index contributed by atoms with van der Waals surface area (Å²) in [7, 11) is 0. The van der Waals surface area contributed by atoms with Gasteiger partial charge < -0.3 is 10.0 Å². The fourth-order valence-electron chi connectivity index (χ4n) is 1.36. The van der Waals surface area contributed by atoms with E-state index >= 15 is 0 Å². The molecule has 1 aromatic rings. The SMILES string of the molecule is CCCN(CCO)c1nc(NN)ncc1F. The van der Waals surface area contributed by atoms with Gasteiger partial charge in [0, 0.05) is 13.1 Å². The Hall–Kier alpha value is -1.47. The van der Waals surface area contributed by atoms with Gasteiger partial charge in [0.05, 0.1) is 12.8 Å². The van der Waals surface area contributed by atoms with E-state index in [9.17, 15) is 4.39 Å². The first-order valence-corrected chi connectivity index (χ1v) is 5.07. The average molecular weight is 229 g/mol. The second-order valence-electron chi connectivity index (χ2n) is 3.22. The van der Waals surface area contributed by atoms with Crippen LogP contribution in [0.15, 0.2) is 6.20 Å². The van der Waals surface area contributed by atoms with E-state index in [1.54, 1.807) is 4.90 Å². The minimum Gasteiger partial charge on any atom is -0.395 e. The topological polar surface area (TPSA) is 87.3 Å². The Morgan fingerprint density at radius 2 is 2.31 bits per heavy atom. The number of hydrazine groups is 1.